The molecule has 0 spiro atoms. The summed E-state index contributed by atoms with van der Waals surface area (Å²) < 4.78 is 10.3. The zero-order valence-electron chi connectivity index (χ0n) is 15.6. The second-order valence-corrected chi connectivity index (χ2v) is 6.34. The van der Waals surface area contributed by atoms with Crippen LogP contribution in [0.25, 0.3) is 0 Å². The minimum atomic E-state index is -0.457. The molecule has 0 unspecified atom stereocenters. The van der Waals surface area contributed by atoms with Crippen LogP contribution in [0.2, 0.25) is 0 Å². The summed E-state index contributed by atoms with van der Waals surface area (Å²) in [6.07, 6.45) is 1.58. The van der Waals surface area contributed by atoms with E-state index in [1.807, 2.05) is 36.4 Å². The van der Waals surface area contributed by atoms with Crippen LogP contribution in [0.3, 0.4) is 0 Å². The van der Waals surface area contributed by atoms with Crippen LogP contribution < -0.4 is 0 Å². The lowest BCUT2D eigenvalue weighted by Crippen LogP contribution is -2.30. The number of carbonyl (C=O) groups is 2. The fourth-order valence-electron chi connectivity index (χ4n) is 3.12. The first-order valence-corrected chi connectivity index (χ1v) is 8.64. The Morgan fingerprint density at radius 1 is 1.07 bits per heavy atom. The molecule has 0 saturated carbocycles. The third-order valence-electron chi connectivity index (χ3n) is 4.47. The van der Waals surface area contributed by atoms with Crippen molar-refractivity contribution in [1.82, 2.24) is 9.88 Å². The van der Waals surface area contributed by atoms with Crippen molar-refractivity contribution < 1.29 is 18.7 Å². The predicted octanol–water partition coefficient (Wildman–Crippen LogP) is 3.85. The van der Waals surface area contributed by atoms with Crippen molar-refractivity contribution in [3.63, 3.8) is 0 Å². The fraction of sp³-hybridized carbons (Fsp3) is 0.238. The predicted molar refractivity (Wildman–Crippen MR) is 100 cm³/mol. The van der Waals surface area contributed by atoms with Crippen LogP contribution in [0.5, 0.6) is 0 Å². The number of nitrogens with one attached hydrogen (secondary N) is 1. The maximum absolute atomic E-state index is 13.3. The van der Waals surface area contributed by atoms with Crippen molar-refractivity contribution in [2.24, 2.45) is 0 Å². The number of aryl methyl sites for hydroxylation is 1. The quantitative estimate of drug-likeness (QED) is 0.672. The number of H-pyrrole nitrogens is 1. The van der Waals surface area contributed by atoms with Gasteiger partial charge >= 0.3 is 5.97 Å². The van der Waals surface area contributed by atoms with E-state index in [4.69, 9.17) is 9.15 Å². The topological polar surface area (TPSA) is 75.5 Å². The average Bonchev–Trinajstić information content (AvgIpc) is 3.28. The summed E-state index contributed by atoms with van der Waals surface area (Å²) >= 11 is 0. The molecule has 1 amide bonds. The highest BCUT2D eigenvalue weighted by Gasteiger charge is 2.26. The minimum absolute atomic E-state index is 0.203. The van der Waals surface area contributed by atoms with E-state index in [0.717, 1.165) is 5.56 Å². The van der Waals surface area contributed by atoms with Crippen LogP contribution in [0.15, 0.2) is 53.1 Å². The lowest BCUT2D eigenvalue weighted by atomic mass is 10.1. The van der Waals surface area contributed by atoms with Gasteiger partial charge in [0.2, 0.25) is 0 Å². The summed E-state index contributed by atoms with van der Waals surface area (Å²) in [5.41, 5.74) is 2.99. The van der Waals surface area contributed by atoms with Crippen molar-refractivity contribution in [3.8, 4) is 0 Å². The van der Waals surface area contributed by atoms with Gasteiger partial charge in [-0.3, -0.25) is 4.79 Å². The molecule has 3 aromatic rings. The molecule has 1 N–H and O–H groups in total. The minimum Gasteiger partial charge on any atom is -0.467 e. The Bertz CT molecular complexity index is 927. The number of rotatable bonds is 6. The molecule has 2 aromatic heterocycles. The summed E-state index contributed by atoms with van der Waals surface area (Å²) in [6.45, 7) is 4.25. The lowest BCUT2D eigenvalue weighted by molar-refractivity contribution is 0.0599. The summed E-state index contributed by atoms with van der Waals surface area (Å²) in [6, 6.07) is 13.4. The summed E-state index contributed by atoms with van der Waals surface area (Å²) in [7, 11) is 1.33. The second-order valence-electron chi connectivity index (χ2n) is 6.34. The van der Waals surface area contributed by atoms with Crippen molar-refractivity contribution >= 4 is 11.9 Å². The molecule has 2 heterocycles. The molecule has 0 radical (unpaired) electrons. The van der Waals surface area contributed by atoms with Gasteiger partial charge in [-0.25, -0.2) is 4.79 Å². The number of esters is 1. The van der Waals surface area contributed by atoms with Crippen molar-refractivity contribution in [1.29, 1.82) is 0 Å². The number of hydrogen-bond donors (Lipinski definition) is 1. The fourth-order valence-corrected chi connectivity index (χ4v) is 3.12. The Labute approximate surface area is 157 Å². The molecule has 1 aromatic carbocycles. The van der Waals surface area contributed by atoms with Gasteiger partial charge < -0.3 is 19.0 Å². The third-order valence-corrected chi connectivity index (χ3v) is 4.47. The van der Waals surface area contributed by atoms with Crippen LogP contribution in [-0.2, 0) is 17.8 Å². The molecule has 27 heavy (non-hydrogen) atoms. The molecular weight excluding hydrogens is 344 g/mol. The van der Waals surface area contributed by atoms with E-state index in [-0.39, 0.29) is 5.91 Å². The molecule has 0 aliphatic rings. The molecule has 6 heteroatoms. The maximum atomic E-state index is 13.3. The average molecular weight is 366 g/mol. The van der Waals surface area contributed by atoms with Gasteiger partial charge in [-0.15, -0.1) is 0 Å². The Morgan fingerprint density at radius 2 is 1.81 bits per heavy atom. The monoisotopic (exact) mass is 366 g/mol. The maximum Gasteiger partial charge on any atom is 0.339 e. The van der Waals surface area contributed by atoms with Gasteiger partial charge in [-0.05, 0) is 37.1 Å². The van der Waals surface area contributed by atoms with Crippen LogP contribution >= 0.6 is 0 Å². The molecule has 0 atom stereocenters. The van der Waals surface area contributed by atoms with Crippen molar-refractivity contribution in [2.45, 2.75) is 26.9 Å². The van der Waals surface area contributed by atoms with Crippen LogP contribution in [0, 0.1) is 13.8 Å². The van der Waals surface area contributed by atoms with E-state index >= 15 is 0 Å². The number of furan rings is 1. The first kappa shape index (κ1) is 18.5. The molecule has 0 aliphatic carbocycles. The Hall–Kier alpha value is -3.28. The van der Waals surface area contributed by atoms with Gasteiger partial charge in [-0.2, -0.15) is 0 Å². The zero-order chi connectivity index (χ0) is 19.4. The molecule has 6 nitrogen and oxygen atoms in total. The number of benzene rings is 1. The molecule has 0 fully saturated rings. The smallest absolute Gasteiger partial charge is 0.339 e. The van der Waals surface area contributed by atoms with Crippen LogP contribution in [0.1, 0.15) is 43.4 Å². The van der Waals surface area contributed by atoms with Gasteiger partial charge in [-0.1, -0.05) is 30.3 Å². The zero-order valence-corrected chi connectivity index (χ0v) is 15.6. The van der Waals surface area contributed by atoms with Gasteiger partial charge in [0.25, 0.3) is 5.91 Å². The molecule has 140 valence electrons. The van der Waals surface area contributed by atoms with Crippen molar-refractivity contribution in [3.05, 3.63) is 82.6 Å². The van der Waals surface area contributed by atoms with Crippen LogP contribution in [-0.4, -0.2) is 28.9 Å². The lowest BCUT2D eigenvalue weighted by Gasteiger charge is -2.22. The third kappa shape index (κ3) is 3.95. The normalized spacial score (nSPS) is 10.6. The summed E-state index contributed by atoms with van der Waals surface area (Å²) in [5.74, 6) is 0.0281. The molecule has 0 bridgehead atoms. The molecule has 0 aliphatic heterocycles. The van der Waals surface area contributed by atoms with E-state index in [1.165, 1.54) is 7.11 Å². The number of ether oxygens (including phenoxy) is 1. The van der Waals surface area contributed by atoms with Gasteiger partial charge in [0, 0.05) is 12.2 Å². The Balaban J connectivity index is 1.94. The molecule has 0 saturated heterocycles. The second kappa shape index (κ2) is 7.95. The highest BCUT2D eigenvalue weighted by molar-refractivity contribution is 6.00. The number of aromatic nitrogens is 1. The van der Waals surface area contributed by atoms with E-state index in [0.29, 0.717) is 41.4 Å². The largest absolute Gasteiger partial charge is 0.467 e. The molecule has 3 rings (SSSR count). The van der Waals surface area contributed by atoms with E-state index in [2.05, 4.69) is 4.98 Å². The number of nitrogens with zero attached hydrogens (tertiary/aromatic N) is 1. The standard InChI is InChI=1S/C21H22N2O4/c1-14-18(21(25)26-3)15(2)22-19(14)20(24)23(13-17-10-7-11-27-17)12-16-8-5-4-6-9-16/h4-11,22H,12-13H2,1-3H3. The van der Waals surface area contributed by atoms with E-state index < -0.39 is 5.97 Å². The summed E-state index contributed by atoms with van der Waals surface area (Å²) in [5, 5.41) is 0. The first-order chi connectivity index (χ1) is 13.0. The number of aromatic amines is 1. The van der Waals surface area contributed by atoms with Crippen LogP contribution in [0.4, 0.5) is 0 Å². The van der Waals surface area contributed by atoms with Gasteiger partial charge in [0.15, 0.2) is 0 Å². The van der Waals surface area contributed by atoms with Gasteiger partial charge in [0.05, 0.1) is 25.5 Å². The highest BCUT2D eigenvalue weighted by atomic mass is 16.5. The number of amides is 1. The van der Waals surface area contributed by atoms with E-state index in [9.17, 15) is 9.59 Å². The highest BCUT2D eigenvalue weighted by Crippen LogP contribution is 2.22. The number of carbonyl (C=O) groups excluding carboxylic acids is 2. The van der Waals surface area contributed by atoms with E-state index in [1.54, 1.807) is 31.1 Å². The Kier molecular flexibility index (Phi) is 5.45. The van der Waals surface area contributed by atoms with Gasteiger partial charge in [0.1, 0.15) is 11.5 Å². The first-order valence-electron chi connectivity index (χ1n) is 8.64. The number of hydrogen-bond acceptors (Lipinski definition) is 4. The molecular formula is C21H22N2O4. The van der Waals surface area contributed by atoms with Crippen molar-refractivity contribution in [2.75, 3.05) is 7.11 Å². The Morgan fingerprint density at radius 3 is 2.44 bits per heavy atom. The SMILES string of the molecule is COC(=O)c1c(C)[nH]c(C(=O)N(Cc2ccccc2)Cc2ccco2)c1C. The summed E-state index contributed by atoms with van der Waals surface area (Å²) in [4.78, 5) is 30.0. The number of methoxy groups -OCH3 is 1.